The van der Waals surface area contributed by atoms with Crippen molar-refractivity contribution in [1.29, 1.82) is 0 Å². The Morgan fingerprint density at radius 3 is 2.64 bits per heavy atom. The van der Waals surface area contributed by atoms with Gasteiger partial charge in [-0.25, -0.2) is 14.6 Å². The highest BCUT2D eigenvalue weighted by atomic mass is 35.5. The van der Waals surface area contributed by atoms with E-state index in [1.165, 1.54) is 6.33 Å². The first kappa shape index (κ1) is 9.15. The molecule has 0 aliphatic heterocycles. The van der Waals surface area contributed by atoms with Gasteiger partial charge in [-0.2, -0.15) is 5.10 Å². The molecule has 2 heterocycles. The molecule has 2 rings (SSSR count). The Morgan fingerprint density at radius 1 is 1.36 bits per heavy atom. The van der Waals surface area contributed by atoms with Crippen molar-refractivity contribution in [3.63, 3.8) is 0 Å². The molecule has 14 heavy (non-hydrogen) atoms. The Hall–Kier alpha value is -1.42. The summed E-state index contributed by atoms with van der Waals surface area (Å²) in [6, 6.07) is 1.76. The van der Waals surface area contributed by atoms with E-state index in [0.717, 1.165) is 11.3 Å². The maximum Gasteiger partial charge on any atom is 0.158 e. The summed E-state index contributed by atoms with van der Waals surface area (Å²) in [5, 5.41) is 4.87. The summed E-state index contributed by atoms with van der Waals surface area (Å²) < 4.78 is 1.61. The monoisotopic (exact) mass is 208 g/mol. The average Bonchev–Trinajstić information content (AvgIpc) is 2.47. The van der Waals surface area contributed by atoms with Crippen molar-refractivity contribution in [3.8, 4) is 5.82 Å². The Balaban J connectivity index is 2.58. The molecule has 5 heteroatoms. The van der Waals surface area contributed by atoms with Gasteiger partial charge in [0.05, 0.1) is 5.69 Å². The summed E-state index contributed by atoms with van der Waals surface area (Å²) >= 11 is 6.09. The van der Waals surface area contributed by atoms with E-state index in [4.69, 9.17) is 11.6 Å². The lowest BCUT2D eigenvalue weighted by molar-refractivity contribution is 0.826. The van der Waals surface area contributed by atoms with Crippen LogP contribution in [-0.2, 0) is 0 Å². The number of aryl methyl sites for hydroxylation is 1. The molecule has 0 amide bonds. The van der Waals surface area contributed by atoms with Crippen LogP contribution in [0.1, 0.15) is 11.3 Å². The van der Waals surface area contributed by atoms with Gasteiger partial charge in [-0.15, -0.1) is 0 Å². The maximum absolute atomic E-state index is 6.09. The molecule has 0 saturated carbocycles. The van der Waals surface area contributed by atoms with E-state index in [9.17, 15) is 0 Å². The van der Waals surface area contributed by atoms with Gasteiger partial charge in [0.15, 0.2) is 5.82 Å². The Kier molecular flexibility index (Phi) is 2.21. The van der Waals surface area contributed by atoms with Crippen molar-refractivity contribution >= 4 is 11.6 Å². The smallest absolute Gasteiger partial charge is 0.158 e. The molecule has 0 unspecified atom stereocenters. The van der Waals surface area contributed by atoms with Crippen LogP contribution in [0, 0.1) is 13.8 Å². The van der Waals surface area contributed by atoms with Gasteiger partial charge in [0.25, 0.3) is 0 Å². The molecule has 0 aliphatic rings. The Labute approximate surface area is 86.6 Å². The standard InChI is InChI=1S/C9H9ClN4/c1-6-7(2)13-14(9(6)10)8-3-4-11-5-12-8/h3-5H,1-2H3. The molecule has 0 aromatic carbocycles. The second-order valence-electron chi connectivity index (χ2n) is 2.98. The van der Waals surface area contributed by atoms with Crippen molar-refractivity contribution < 1.29 is 0 Å². The van der Waals surface area contributed by atoms with Crippen molar-refractivity contribution in [3.05, 3.63) is 35.0 Å². The predicted molar refractivity (Wildman–Crippen MR) is 53.6 cm³/mol. The lowest BCUT2D eigenvalue weighted by Gasteiger charge is -1.99. The van der Waals surface area contributed by atoms with E-state index < -0.39 is 0 Å². The fourth-order valence-corrected chi connectivity index (χ4v) is 1.40. The molecule has 2 aromatic heterocycles. The number of hydrogen-bond donors (Lipinski definition) is 0. The largest absolute Gasteiger partial charge is 0.245 e. The van der Waals surface area contributed by atoms with Crippen molar-refractivity contribution in [2.45, 2.75) is 13.8 Å². The average molecular weight is 209 g/mol. The van der Waals surface area contributed by atoms with E-state index in [0.29, 0.717) is 11.0 Å². The lowest BCUT2D eigenvalue weighted by atomic mass is 10.3. The third-order valence-electron chi connectivity index (χ3n) is 2.07. The molecule has 0 aliphatic carbocycles. The van der Waals surface area contributed by atoms with Crippen LogP contribution in [0.4, 0.5) is 0 Å². The molecule has 0 spiro atoms. The zero-order valence-corrected chi connectivity index (χ0v) is 8.65. The second-order valence-corrected chi connectivity index (χ2v) is 3.34. The number of halogens is 1. The quantitative estimate of drug-likeness (QED) is 0.719. The van der Waals surface area contributed by atoms with E-state index in [1.54, 1.807) is 16.9 Å². The summed E-state index contributed by atoms with van der Waals surface area (Å²) in [7, 11) is 0. The van der Waals surface area contributed by atoms with Crippen LogP contribution in [0.15, 0.2) is 18.6 Å². The van der Waals surface area contributed by atoms with Crippen LogP contribution in [0.3, 0.4) is 0 Å². The van der Waals surface area contributed by atoms with Gasteiger partial charge in [0.1, 0.15) is 11.5 Å². The molecule has 0 bridgehead atoms. The van der Waals surface area contributed by atoms with Gasteiger partial charge in [-0.1, -0.05) is 11.6 Å². The maximum atomic E-state index is 6.09. The first-order valence-corrected chi connectivity index (χ1v) is 4.56. The highest BCUT2D eigenvalue weighted by Gasteiger charge is 2.10. The highest BCUT2D eigenvalue weighted by Crippen LogP contribution is 2.20. The Morgan fingerprint density at radius 2 is 2.14 bits per heavy atom. The summed E-state index contributed by atoms with van der Waals surface area (Å²) in [5.74, 6) is 0.682. The molecule has 0 fully saturated rings. The lowest BCUT2D eigenvalue weighted by Crippen LogP contribution is -1.99. The molecule has 0 radical (unpaired) electrons. The number of aromatic nitrogens is 4. The van der Waals surface area contributed by atoms with Gasteiger partial charge in [-0.3, -0.25) is 0 Å². The molecule has 4 nitrogen and oxygen atoms in total. The van der Waals surface area contributed by atoms with Crippen LogP contribution in [-0.4, -0.2) is 19.7 Å². The fraction of sp³-hybridized carbons (Fsp3) is 0.222. The summed E-state index contributed by atoms with van der Waals surface area (Å²) in [6.07, 6.45) is 3.13. The number of nitrogens with zero attached hydrogens (tertiary/aromatic N) is 4. The number of hydrogen-bond acceptors (Lipinski definition) is 3. The normalized spacial score (nSPS) is 10.5. The SMILES string of the molecule is Cc1nn(-c2ccncn2)c(Cl)c1C. The van der Waals surface area contributed by atoms with Gasteiger partial charge in [-0.05, 0) is 13.8 Å². The van der Waals surface area contributed by atoms with E-state index in [-0.39, 0.29) is 0 Å². The minimum Gasteiger partial charge on any atom is -0.245 e. The summed E-state index contributed by atoms with van der Waals surface area (Å²) in [4.78, 5) is 7.90. The van der Waals surface area contributed by atoms with Gasteiger partial charge >= 0.3 is 0 Å². The zero-order valence-electron chi connectivity index (χ0n) is 7.90. The van der Waals surface area contributed by atoms with Crippen molar-refractivity contribution in [2.24, 2.45) is 0 Å². The van der Waals surface area contributed by atoms with Crippen molar-refractivity contribution in [2.75, 3.05) is 0 Å². The fourth-order valence-electron chi connectivity index (χ4n) is 1.14. The Bertz CT molecular complexity index is 449. The van der Waals surface area contributed by atoms with E-state index in [1.807, 2.05) is 13.8 Å². The minimum atomic E-state index is 0.598. The summed E-state index contributed by atoms with van der Waals surface area (Å²) in [6.45, 7) is 3.85. The molecular formula is C9H9ClN4. The van der Waals surface area contributed by atoms with Gasteiger partial charge in [0, 0.05) is 17.8 Å². The molecule has 0 atom stereocenters. The molecule has 0 N–H and O–H groups in total. The second kappa shape index (κ2) is 3.38. The van der Waals surface area contributed by atoms with Crippen molar-refractivity contribution in [1.82, 2.24) is 19.7 Å². The van der Waals surface area contributed by atoms with E-state index in [2.05, 4.69) is 15.1 Å². The minimum absolute atomic E-state index is 0.598. The molecule has 2 aromatic rings. The van der Waals surface area contributed by atoms with Crippen LogP contribution >= 0.6 is 11.6 Å². The third-order valence-corrected chi connectivity index (χ3v) is 2.52. The highest BCUT2D eigenvalue weighted by molar-refractivity contribution is 6.30. The number of rotatable bonds is 1. The molecular weight excluding hydrogens is 200 g/mol. The third kappa shape index (κ3) is 1.37. The molecule has 0 saturated heterocycles. The van der Waals surface area contributed by atoms with E-state index >= 15 is 0 Å². The van der Waals surface area contributed by atoms with Crippen LogP contribution in [0.2, 0.25) is 5.15 Å². The van der Waals surface area contributed by atoms with Crippen LogP contribution in [0.25, 0.3) is 5.82 Å². The zero-order chi connectivity index (χ0) is 10.1. The first-order chi connectivity index (χ1) is 6.70. The van der Waals surface area contributed by atoms with Gasteiger partial charge < -0.3 is 0 Å². The molecule has 72 valence electrons. The first-order valence-electron chi connectivity index (χ1n) is 4.18. The topological polar surface area (TPSA) is 43.6 Å². The van der Waals surface area contributed by atoms with Gasteiger partial charge in [0.2, 0.25) is 0 Å². The summed E-state index contributed by atoms with van der Waals surface area (Å²) in [5.41, 5.74) is 1.89. The van der Waals surface area contributed by atoms with Crippen LogP contribution in [0.5, 0.6) is 0 Å². The van der Waals surface area contributed by atoms with Crippen LogP contribution < -0.4 is 0 Å². The predicted octanol–water partition coefficient (Wildman–Crippen LogP) is 1.93.